The lowest BCUT2D eigenvalue weighted by molar-refractivity contribution is 0.298. The lowest BCUT2D eigenvalue weighted by Gasteiger charge is -2.35. The van der Waals surface area contributed by atoms with Gasteiger partial charge in [0.15, 0.2) is 10.9 Å². The molecule has 4 heteroatoms. The molecule has 0 saturated carbocycles. The molecule has 1 aliphatic heterocycles. The summed E-state index contributed by atoms with van der Waals surface area (Å²) in [7, 11) is 1.63. The Bertz CT molecular complexity index is 501. The van der Waals surface area contributed by atoms with Crippen LogP contribution in [0.2, 0.25) is 5.15 Å². The molecule has 0 aromatic carbocycles. The van der Waals surface area contributed by atoms with E-state index in [0.717, 1.165) is 24.4 Å². The van der Waals surface area contributed by atoms with Gasteiger partial charge in [0.25, 0.3) is 0 Å². The van der Waals surface area contributed by atoms with Gasteiger partial charge >= 0.3 is 0 Å². The maximum Gasteiger partial charge on any atom is 0.171 e. The Morgan fingerprint density at radius 3 is 3.16 bits per heavy atom. The first-order valence-corrected chi connectivity index (χ1v) is 7.29. The fraction of sp³-hybridized carbons (Fsp3) is 0.533. The summed E-state index contributed by atoms with van der Waals surface area (Å²) in [6, 6.07) is 2.52. The van der Waals surface area contributed by atoms with Crippen molar-refractivity contribution >= 4 is 17.2 Å². The molecular weight excluding hydrogens is 260 g/mol. The van der Waals surface area contributed by atoms with E-state index in [1.54, 1.807) is 7.11 Å². The van der Waals surface area contributed by atoms with E-state index >= 15 is 0 Å². The smallest absolute Gasteiger partial charge is 0.171 e. The van der Waals surface area contributed by atoms with E-state index in [-0.39, 0.29) is 0 Å². The quantitative estimate of drug-likeness (QED) is 0.843. The van der Waals surface area contributed by atoms with Crippen molar-refractivity contribution in [3.05, 3.63) is 29.1 Å². The van der Waals surface area contributed by atoms with Crippen LogP contribution in [0.15, 0.2) is 18.3 Å². The third kappa shape index (κ3) is 2.63. The normalized spacial score (nSPS) is 26.5. The first-order valence-electron chi connectivity index (χ1n) is 6.92. The zero-order chi connectivity index (χ0) is 13.2. The Labute approximate surface area is 119 Å². The first-order chi connectivity index (χ1) is 9.28. The summed E-state index contributed by atoms with van der Waals surface area (Å²) in [6.45, 7) is 1.13. The Hall–Kier alpha value is -1.06. The highest BCUT2D eigenvalue weighted by Crippen LogP contribution is 2.35. The fourth-order valence-corrected chi connectivity index (χ4v) is 3.31. The van der Waals surface area contributed by atoms with Crippen molar-refractivity contribution < 1.29 is 4.74 Å². The lowest BCUT2D eigenvalue weighted by Crippen LogP contribution is -2.41. The molecule has 2 atom stereocenters. The zero-order valence-corrected chi connectivity index (χ0v) is 11.9. The number of hydrogen-bond donors (Lipinski definition) is 1. The van der Waals surface area contributed by atoms with Gasteiger partial charge in [-0.15, -0.1) is 0 Å². The molecule has 3 nitrogen and oxygen atoms in total. The van der Waals surface area contributed by atoms with Crippen molar-refractivity contribution in [1.29, 1.82) is 0 Å². The molecule has 2 aliphatic rings. The van der Waals surface area contributed by atoms with Crippen LogP contribution in [0, 0.1) is 5.92 Å². The molecule has 19 heavy (non-hydrogen) atoms. The van der Waals surface area contributed by atoms with E-state index in [2.05, 4.69) is 16.4 Å². The first kappa shape index (κ1) is 12.9. The van der Waals surface area contributed by atoms with E-state index < -0.39 is 0 Å². The Kier molecular flexibility index (Phi) is 3.76. The number of pyridine rings is 1. The number of allylic oxidation sites excluding steroid dienone is 1. The minimum atomic E-state index is 0.427. The van der Waals surface area contributed by atoms with Crippen LogP contribution in [0.3, 0.4) is 0 Å². The SMILES string of the molecule is COc1cc(C2=C[C@@H]3NCCC[C@@H]3CC2)cnc1Cl. The molecule has 0 bridgehead atoms. The predicted octanol–water partition coefficient (Wildman–Crippen LogP) is 3.29. The molecule has 1 aliphatic carbocycles. The molecule has 1 aromatic heterocycles. The Morgan fingerprint density at radius 2 is 2.32 bits per heavy atom. The van der Waals surface area contributed by atoms with Gasteiger partial charge in [-0.25, -0.2) is 4.98 Å². The highest BCUT2D eigenvalue weighted by molar-refractivity contribution is 6.30. The molecule has 1 saturated heterocycles. The number of nitrogens with one attached hydrogen (secondary N) is 1. The number of piperidine rings is 1. The van der Waals surface area contributed by atoms with Crippen LogP contribution >= 0.6 is 11.6 Å². The molecule has 0 radical (unpaired) electrons. The summed E-state index contributed by atoms with van der Waals surface area (Å²) >= 11 is 5.98. The Balaban J connectivity index is 1.87. The summed E-state index contributed by atoms with van der Waals surface area (Å²) in [5.41, 5.74) is 2.49. The highest BCUT2D eigenvalue weighted by Gasteiger charge is 2.27. The van der Waals surface area contributed by atoms with Crippen LogP contribution in [0.4, 0.5) is 0 Å². The van der Waals surface area contributed by atoms with Crippen molar-refractivity contribution in [3.8, 4) is 5.75 Å². The molecule has 0 unspecified atom stereocenters. The van der Waals surface area contributed by atoms with Gasteiger partial charge in [-0.2, -0.15) is 0 Å². The summed E-state index contributed by atoms with van der Waals surface area (Å²) < 4.78 is 5.25. The van der Waals surface area contributed by atoms with Gasteiger partial charge in [0.05, 0.1) is 7.11 Å². The summed E-state index contributed by atoms with van der Waals surface area (Å²) in [5, 5.41) is 4.03. The zero-order valence-electron chi connectivity index (χ0n) is 11.2. The molecule has 1 N–H and O–H groups in total. The van der Waals surface area contributed by atoms with Crippen molar-refractivity contribution in [2.75, 3.05) is 13.7 Å². The third-order valence-corrected chi connectivity index (χ3v) is 4.49. The van der Waals surface area contributed by atoms with Crippen LogP contribution in [-0.4, -0.2) is 24.7 Å². The van der Waals surface area contributed by atoms with E-state index in [0.29, 0.717) is 16.9 Å². The topological polar surface area (TPSA) is 34.1 Å². The number of aromatic nitrogens is 1. The van der Waals surface area contributed by atoms with Crippen molar-refractivity contribution in [2.45, 2.75) is 31.7 Å². The molecule has 3 rings (SSSR count). The van der Waals surface area contributed by atoms with Crippen molar-refractivity contribution in [1.82, 2.24) is 10.3 Å². The minimum Gasteiger partial charge on any atom is -0.494 e. The van der Waals surface area contributed by atoms with E-state index in [1.807, 2.05) is 12.3 Å². The number of ether oxygens (including phenoxy) is 1. The van der Waals surface area contributed by atoms with Crippen LogP contribution in [0.25, 0.3) is 5.57 Å². The predicted molar refractivity (Wildman–Crippen MR) is 77.5 cm³/mol. The molecule has 1 aromatic rings. The van der Waals surface area contributed by atoms with E-state index in [4.69, 9.17) is 16.3 Å². The Morgan fingerprint density at radius 1 is 1.42 bits per heavy atom. The van der Waals surface area contributed by atoms with Gasteiger partial charge < -0.3 is 10.1 Å². The molecule has 102 valence electrons. The van der Waals surface area contributed by atoms with Gasteiger partial charge in [-0.1, -0.05) is 17.7 Å². The second kappa shape index (κ2) is 5.51. The molecule has 2 heterocycles. The third-order valence-electron chi connectivity index (χ3n) is 4.20. The largest absolute Gasteiger partial charge is 0.494 e. The van der Waals surface area contributed by atoms with Crippen molar-refractivity contribution in [3.63, 3.8) is 0 Å². The van der Waals surface area contributed by atoms with Gasteiger partial charge in [-0.05, 0) is 55.3 Å². The number of nitrogens with zero attached hydrogens (tertiary/aromatic N) is 1. The number of methoxy groups -OCH3 is 1. The molecular formula is C15H19ClN2O. The highest BCUT2D eigenvalue weighted by atomic mass is 35.5. The van der Waals surface area contributed by atoms with Crippen molar-refractivity contribution in [2.24, 2.45) is 5.92 Å². The van der Waals surface area contributed by atoms with E-state index in [1.165, 1.54) is 24.8 Å². The summed E-state index contributed by atoms with van der Waals surface area (Å²) in [6.07, 6.45) is 9.26. The van der Waals surface area contributed by atoms with Gasteiger partial charge in [-0.3, -0.25) is 0 Å². The number of halogens is 1. The fourth-order valence-electron chi connectivity index (χ4n) is 3.13. The van der Waals surface area contributed by atoms with Crippen LogP contribution in [0.1, 0.15) is 31.2 Å². The minimum absolute atomic E-state index is 0.427. The number of hydrogen-bond acceptors (Lipinski definition) is 3. The second-order valence-corrected chi connectivity index (χ2v) is 5.69. The van der Waals surface area contributed by atoms with Gasteiger partial charge in [0.2, 0.25) is 0 Å². The van der Waals surface area contributed by atoms with Crippen LogP contribution < -0.4 is 10.1 Å². The number of fused-ring (bicyclic) bond motifs is 1. The summed E-state index contributed by atoms with van der Waals surface area (Å²) in [5.74, 6) is 1.46. The van der Waals surface area contributed by atoms with E-state index in [9.17, 15) is 0 Å². The average molecular weight is 279 g/mol. The van der Waals surface area contributed by atoms with Gasteiger partial charge in [0, 0.05) is 12.2 Å². The average Bonchev–Trinajstić information content (AvgIpc) is 2.47. The maximum atomic E-state index is 5.98. The lowest BCUT2D eigenvalue weighted by atomic mass is 9.79. The molecule has 1 fully saturated rings. The molecule has 0 spiro atoms. The standard InChI is InChI=1S/C15H19ClN2O/c1-19-14-8-12(9-18-15(14)16)11-5-4-10-3-2-6-17-13(10)7-11/h7-10,13,17H,2-6H2,1H3/t10-,13+/m1/s1. The molecule has 0 amide bonds. The van der Waals surface area contributed by atoms with Crippen LogP contribution in [-0.2, 0) is 0 Å². The van der Waals surface area contributed by atoms with Gasteiger partial charge in [0.1, 0.15) is 0 Å². The number of rotatable bonds is 2. The maximum absolute atomic E-state index is 5.98. The summed E-state index contributed by atoms with van der Waals surface area (Å²) in [4.78, 5) is 4.21. The second-order valence-electron chi connectivity index (χ2n) is 5.33. The monoisotopic (exact) mass is 278 g/mol. The van der Waals surface area contributed by atoms with Crippen LogP contribution in [0.5, 0.6) is 5.75 Å².